The van der Waals surface area contributed by atoms with Crippen LogP contribution in [0.2, 0.25) is 0 Å². The number of alkyl halides is 3. The SMILES string of the molecule is COc1ccccc1[C@H](CN1C(=O)N(C(C)(C)C(=O)O)S(=O)(=O)c2c1nc(-c1ncco1)n2C(F)(F)F)OC1CCOCC1. The highest BCUT2D eigenvalue weighted by atomic mass is 32.2. The molecule has 44 heavy (non-hydrogen) atoms. The number of rotatable bonds is 9. The average molecular weight is 644 g/mol. The van der Waals surface area contributed by atoms with Gasteiger partial charge in [-0.05, 0) is 32.8 Å². The molecule has 0 saturated carbocycles. The van der Waals surface area contributed by atoms with Crippen LogP contribution in [-0.4, -0.2) is 82.9 Å². The van der Waals surface area contributed by atoms with Gasteiger partial charge in [0.1, 0.15) is 18.1 Å². The number of carboxylic acids is 1. The smallest absolute Gasteiger partial charge is 0.491 e. The molecule has 2 amide bonds. The lowest BCUT2D eigenvalue weighted by Gasteiger charge is -2.41. The van der Waals surface area contributed by atoms with E-state index in [0.29, 0.717) is 42.3 Å². The third kappa shape index (κ3) is 5.36. The molecule has 238 valence electrons. The Balaban J connectivity index is 1.75. The van der Waals surface area contributed by atoms with Gasteiger partial charge in [0, 0.05) is 18.8 Å². The highest BCUT2D eigenvalue weighted by molar-refractivity contribution is 7.90. The molecule has 1 aromatic carbocycles. The summed E-state index contributed by atoms with van der Waals surface area (Å²) >= 11 is 0. The number of oxazole rings is 1. The maximum Gasteiger partial charge on any atom is 0.491 e. The van der Waals surface area contributed by atoms with Gasteiger partial charge in [0.2, 0.25) is 10.9 Å². The Hall–Kier alpha value is -4.16. The van der Waals surface area contributed by atoms with Crippen molar-refractivity contribution in [3.05, 3.63) is 42.3 Å². The summed E-state index contributed by atoms with van der Waals surface area (Å²) in [6.45, 7) is 1.95. The molecule has 0 bridgehead atoms. The number of ether oxygens (including phenoxy) is 3. The van der Waals surface area contributed by atoms with Crippen LogP contribution >= 0.6 is 0 Å². The van der Waals surface area contributed by atoms with E-state index in [-0.39, 0.29) is 4.31 Å². The quantitative estimate of drug-likeness (QED) is 0.361. The van der Waals surface area contributed by atoms with Crippen molar-refractivity contribution in [1.82, 2.24) is 18.8 Å². The van der Waals surface area contributed by atoms with Gasteiger partial charge in [-0.2, -0.15) is 12.7 Å². The average Bonchev–Trinajstić information content (AvgIpc) is 3.64. The zero-order valence-corrected chi connectivity index (χ0v) is 24.5. The van der Waals surface area contributed by atoms with Crippen molar-refractivity contribution < 1.29 is 54.9 Å². The van der Waals surface area contributed by atoms with Gasteiger partial charge in [-0.15, -0.1) is 13.2 Å². The molecule has 1 N–H and O–H groups in total. The molecule has 1 fully saturated rings. The molecule has 5 rings (SSSR count). The number of carboxylic acid groups (broad SMARTS) is 1. The number of sulfonamides is 1. The number of fused-ring (bicyclic) bond motifs is 1. The van der Waals surface area contributed by atoms with Gasteiger partial charge in [0.15, 0.2) is 11.4 Å². The van der Waals surface area contributed by atoms with Crippen LogP contribution in [-0.2, 0) is 30.6 Å². The second-order valence-corrected chi connectivity index (χ2v) is 12.1. The van der Waals surface area contributed by atoms with E-state index >= 15 is 0 Å². The Labute approximate surface area is 249 Å². The van der Waals surface area contributed by atoms with Crippen molar-refractivity contribution in [1.29, 1.82) is 0 Å². The number of benzene rings is 1. The van der Waals surface area contributed by atoms with Crippen LogP contribution < -0.4 is 9.64 Å². The summed E-state index contributed by atoms with van der Waals surface area (Å²) in [5, 5.41) is 8.42. The van der Waals surface area contributed by atoms with E-state index in [9.17, 15) is 36.3 Å². The first-order valence-corrected chi connectivity index (χ1v) is 14.7. The molecule has 14 nitrogen and oxygen atoms in total. The number of hydrogen-bond acceptors (Lipinski definition) is 10. The zero-order chi connectivity index (χ0) is 32.0. The lowest BCUT2D eigenvalue weighted by molar-refractivity contribution is -0.208. The molecule has 2 aliphatic rings. The first-order valence-electron chi connectivity index (χ1n) is 13.3. The van der Waals surface area contributed by atoms with Crippen molar-refractivity contribution >= 4 is 27.8 Å². The molecule has 4 heterocycles. The van der Waals surface area contributed by atoms with Gasteiger partial charge in [-0.1, -0.05) is 18.2 Å². The van der Waals surface area contributed by atoms with E-state index in [4.69, 9.17) is 18.6 Å². The van der Waals surface area contributed by atoms with Crippen molar-refractivity contribution in [3.63, 3.8) is 0 Å². The highest BCUT2D eigenvalue weighted by Crippen LogP contribution is 2.45. The normalized spacial score (nSPS) is 18.3. The first-order chi connectivity index (χ1) is 20.7. The summed E-state index contributed by atoms with van der Waals surface area (Å²) in [5.74, 6) is -4.13. The number of hydrogen-bond donors (Lipinski definition) is 1. The maximum atomic E-state index is 14.6. The summed E-state index contributed by atoms with van der Waals surface area (Å²) in [6.07, 6.45) is -4.00. The van der Waals surface area contributed by atoms with Crippen molar-refractivity contribution in [2.24, 2.45) is 0 Å². The number of nitrogens with zero attached hydrogens (tertiary/aromatic N) is 5. The van der Waals surface area contributed by atoms with Crippen LogP contribution in [0.3, 0.4) is 0 Å². The van der Waals surface area contributed by atoms with E-state index in [2.05, 4.69) is 9.97 Å². The van der Waals surface area contributed by atoms with E-state index in [0.717, 1.165) is 26.3 Å². The Morgan fingerprint density at radius 1 is 1.20 bits per heavy atom. The maximum absolute atomic E-state index is 14.6. The van der Waals surface area contributed by atoms with Gasteiger partial charge in [0.05, 0.1) is 26.0 Å². The van der Waals surface area contributed by atoms with Crippen molar-refractivity contribution in [3.8, 4) is 17.5 Å². The Morgan fingerprint density at radius 2 is 1.89 bits per heavy atom. The minimum atomic E-state index is -5.50. The van der Waals surface area contributed by atoms with Crippen LogP contribution in [0.5, 0.6) is 5.75 Å². The van der Waals surface area contributed by atoms with Crippen molar-refractivity contribution in [2.75, 3.05) is 31.8 Å². The fourth-order valence-electron chi connectivity index (χ4n) is 5.05. The lowest BCUT2D eigenvalue weighted by atomic mass is 10.1. The fraction of sp³-hybridized carbons (Fsp3) is 0.462. The fourth-order valence-corrected chi connectivity index (χ4v) is 7.01. The molecule has 2 aromatic heterocycles. The second kappa shape index (κ2) is 11.4. The predicted molar refractivity (Wildman–Crippen MR) is 143 cm³/mol. The number of urea groups is 1. The van der Waals surface area contributed by atoms with Crippen LogP contribution in [0.4, 0.5) is 23.8 Å². The largest absolute Gasteiger partial charge is 0.496 e. The van der Waals surface area contributed by atoms with E-state index < -0.39 is 79.7 Å². The van der Waals surface area contributed by atoms with E-state index in [1.54, 1.807) is 24.3 Å². The molecule has 0 spiro atoms. The van der Waals surface area contributed by atoms with E-state index in [1.807, 2.05) is 0 Å². The molecule has 1 atom stereocenters. The van der Waals surface area contributed by atoms with Gasteiger partial charge >= 0.3 is 18.3 Å². The standard InChI is InChI=1S/C26H28F3N5O9S/c1-25(2,23(35)36)34-24(37)32(14-18(43-15-8-11-41-12-9-15)16-6-4-5-7-17(16)40-3)20-22(44(34,38)39)33(26(27,28)29)19(31-20)21-30-10-13-42-21/h4-7,10,13,15,18H,8-9,11-12,14H2,1-3H3,(H,35,36)/t18-/m0/s1. The van der Waals surface area contributed by atoms with Gasteiger partial charge in [-0.3, -0.25) is 4.90 Å². The molecule has 18 heteroatoms. The Morgan fingerprint density at radius 3 is 2.48 bits per heavy atom. The van der Waals surface area contributed by atoms with Crippen molar-refractivity contribution in [2.45, 2.75) is 55.8 Å². The number of methoxy groups -OCH3 is 1. The topological polar surface area (TPSA) is 167 Å². The van der Waals surface area contributed by atoms with E-state index in [1.165, 1.54) is 7.11 Å². The molecule has 1 saturated heterocycles. The number of imidazole rings is 1. The van der Waals surface area contributed by atoms with Crippen LogP contribution in [0.1, 0.15) is 38.4 Å². The third-order valence-corrected chi connectivity index (χ3v) is 9.18. The molecule has 0 unspecified atom stereocenters. The summed E-state index contributed by atoms with van der Waals surface area (Å²) in [6, 6.07) is 5.12. The zero-order valence-electron chi connectivity index (χ0n) is 23.6. The molecular formula is C26H28F3N5O9S. The number of halogens is 3. The minimum absolute atomic E-state index is 0.0956. The minimum Gasteiger partial charge on any atom is -0.496 e. The van der Waals surface area contributed by atoms with Gasteiger partial charge in [-0.25, -0.2) is 24.1 Å². The Bertz CT molecular complexity index is 1650. The summed E-state index contributed by atoms with van der Waals surface area (Å²) in [4.78, 5) is 34.6. The molecular weight excluding hydrogens is 615 g/mol. The summed E-state index contributed by atoms with van der Waals surface area (Å²) < 4.78 is 93.2. The van der Waals surface area contributed by atoms with Gasteiger partial charge < -0.3 is 23.7 Å². The molecule has 3 aromatic rings. The number of aromatic nitrogens is 3. The predicted octanol–water partition coefficient (Wildman–Crippen LogP) is 3.75. The number of aliphatic carboxylic acids is 1. The monoisotopic (exact) mass is 643 g/mol. The number of carbonyl (C=O) groups excluding carboxylic acids is 1. The van der Waals surface area contributed by atoms with Crippen LogP contribution in [0, 0.1) is 0 Å². The number of amides is 2. The highest BCUT2D eigenvalue weighted by Gasteiger charge is 2.58. The second-order valence-electron chi connectivity index (χ2n) is 10.4. The molecule has 0 radical (unpaired) electrons. The number of para-hydroxylation sites is 1. The summed E-state index contributed by atoms with van der Waals surface area (Å²) in [5.41, 5.74) is -2.13. The first kappa shape index (κ1) is 31.3. The van der Waals surface area contributed by atoms with Gasteiger partial charge in [0.25, 0.3) is 15.9 Å². The van der Waals surface area contributed by atoms with Crippen LogP contribution in [0.15, 0.2) is 46.2 Å². The summed E-state index contributed by atoms with van der Waals surface area (Å²) in [7, 11) is -4.11. The Kier molecular flexibility index (Phi) is 8.10. The molecule has 2 aliphatic heterocycles. The molecule has 0 aliphatic carbocycles. The number of carbonyl (C=O) groups is 2. The lowest BCUT2D eigenvalue weighted by Crippen LogP contribution is -2.62. The number of anilines is 1. The third-order valence-electron chi connectivity index (χ3n) is 7.23. The van der Waals surface area contributed by atoms with Crippen LogP contribution in [0.25, 0.3) is 11.7 Å².